The Labute approximate surface area is 133 Å². The minimum Gasteiger partial charge on any atom is -0.496 e. The van der Waals surface area contributed by atoms with Crippen molar-refractivity contribution in [2.24, 2.45) is 0 Å². The van der Waals surface area contributed by atoms with Gasteiger partial charge in [-0.05, 0) is 30.9 Å². The molecule has 0 radical (unpaired) electrons. The second-order valence-corrected chi connectivity index (χ2v) is 5.59. The summed E-state index contributed by atoms with van der Waals surface area (Å²) in [6.07, 6.45) is -2.53. The van der Waals surface area contributed by atoms with Crippen LogP contribution in [0.5, 0.6) is 5.75 Å². The molecule has 1 N–H and O–H groups in total. The number of hydrazine groups is 1. The largest absolute Gasteiger partial charge is 0.496 e. The van der Waals surface area contributed by atoms with Gasteiger partial charge in [0.25, 0.3) is 0 Å². The van der Waals surface area contributed by atoms with Crippen LogP contribution >= 0.6 is 0 Å². The van der Waals surface area contributed by atoms with E-state index in [1.807, 2.05) is 24.3 Å². The molecule has 4 nitrogen and oxygen atoms in total. The third-order valence-corrected chi connectivity index (χ3v) is 3.97. The van der Waals surface area contributed by atoms with Crippen LogP contribution < -0.4 is 10.2 Å². The van der Waals surface area contributed by atoms with E-state index in [0.717, 1.165) is 16.3 Å². The zero-order valence-electron chi connectivity index (χ0n) is 13.0. The number of ether oxygens (including phenoxy) is 1. The van der Waals surface area contributed by atoms with Gasteiger partial charge >= 0.3 is 6.18 Å². The van der Waals surface area contributed by atoms with Crippen molar-refractivity contribution in [1.82, 2.24) is 10.4 Å². The summed E-state index contributed by atoms with van der Waals surface area (Å²) in [5.41, 5.74) is 3.29. The van der Waals surface area contributed by atoms with Gasteiger partial charge in [-0.25, -0.2) is 5.01 Å². The molecule has 7 heteroatoms. The second kappa shape index (κ2) is 7.68. The van der Waals surface area contributed by atoms with Crippen LogP contribution in [0.25, 0.3) is 0 Å². The molecule has 1 aromatic carbocycles. The average molecular weight is 330 g/mol. The topological polar surface area (TPSA) is 41.6 Å². The lowest BCUT2D eigenvalue weighted by Gasteiger charge is -2.28. The summed E-state index contributed by atoms with van der Waals surface area (Å²) >= 11 is 0. The van der Waals surface area contributed by atoms with Gasteiger partial charge in [-0.2, -0.15) is 13.2 Å². The molecular formula is C16H21F3N2O2. The highest BCUT2D eigenvalue weighted by molar-refractivity contribution is 5.77. The number of unbranched alkanes of at least 4 members (excludes halogenated alkanes) is 1. The minimum atomic E-state index is -4.35. The lowest BCUT2D eigenvalue weighted by molar-refractivity contribution is -0.190. The third-order valence-electron chi connectivity index (χ3n) is 3.97. The first-order valence-corrected chi connectivity index (χ1v) is 7.66. The Morgan fingerprint density at radius 3 is 2.65 bits per heavy atom. The van der Waals surface area contributed by atoms with Crippen molar-refractivity contribution in [1.29, 1.82) is 0 Å². The monoisotopic (exact) mass is 330 g/mol. The van der Waals surface area contributed by atoms with E-state index < -0.39 is 12.2 Å². The van der Waals surface area contributed by atoms with Crippen molar-refractivity contribution < 1.29 is 22.7 Å². The van der Waals surface area contributed by atoms with E-state index in [4.69, 9.17) is 4.74 Å². The molecule has 1 amide bonds. The number of nitrogens with zero attached hydrogens (tertiary/aromatic N) is 1. The molecule has 1 heterocycles. The summed E-state index contributed by atoms with van der Waals surface area (Å²) in [5, 5.41) is 1.02. The molecule has 0 aliphatic carbocycles. The fourth-order valence-corrected chi connectivity index (χ4v) is 2.79. The van der Waals surface area contributed by atoms with Crippen molar-refractivity contribution in [3.63, 3.8) is 0 Å². The summed E-state index contributed by atoms with van der Waals surface area (Å²) in [5.74, 6) is 0.403. The SMILES string of the molecule is COc1ccccc1CCCC[C@H](N1CCC(=O)N1)C(F)(F)F. The Morgan fingerprint density at radius 2 is 2.04 bits per heavy atom. The Morgan fingerprint density at radius 1 is 1.30 bits per heavy atom. The van der Waals surface area contributed by atoms with Crippen LogP contribution in [0.15, 0.2) is 24.3 Å². The molecule has 1 aromatic rings. The number of carbonyl (C=O) groups is 1. The van der Waals surface area contributed by atoms with Crippen LogP contribution in [0.2, 0.25) is 0 Å². The standard InChI is InChI=1S/C16H21F3N2O2/c1-23-13-8-4-2-6-12(13)7-3-5-9-14(16(17,18)19)21-11-10-15(22)20-21/h2,4,6,8,14H,3,5,7,9-11H2,1H3,(H,20,22)/t14-/m0/s1. The smallest absolute Gasteiger partial charge is 0.405 e. The third kappa shape index (κ3) is 4.86. The van der Waals surface area contributed by atoms with Gasteiger partial charge in [-0.15, -0.1) is 0 Å². The molecule has 2 rings (SSSR count). The Balaban J connectivity index is 1.86. The molecule has 1 fully saturated rings. The van der Waals surface area contributed by atoms with Crippen LogP contribution in [0.4, 0.5) is 13.2 Å². The number of amides is 1. The van der Waals surface area contributed by atoms with Crippen molar-refractivity contribution in [2.75, 3.05) is 13.7 Å². The molecule has 1 atom stereocenters. The summed E-state index contributed by atoms with van der Waals surface area (Å²) in [7, 11) is 1.58. The summed E-state index contributed by atoms with van der Waals surface area (Å²) in [6.45, 7) is 0.107. The highest BCUT2D eigenvalue weighted by atomic mass is 19.4. The van der Waals surface area contributed by atoms with Gasteiger partial charge < -0.3 is 4.74 Å². The molecule has 1 aliphatic rings. The minimum absolute atomic E-state index is 0.0288. The van der Waals surface area contributed by atoms with Crippen LogP contribution in [-0.4, -0.2) is 36.8 Å². The number of rotatable bonds is 7. The normalized spacial score (nSPS) is 17.1. The predicted octanol–water partition coefficient (Wildman–Crippen LogP) is 3.08. The summed E-state index contributed by atoms with van der Waals surface area (Å²) in [4.78, 5) is 11.1. The van der Waals surface area contributed by atoms with Crippen molar-refractivity contribution >= 4 is 5.91 Å². The maximum absolute atomic E-state index is 13.2. The van der Waals surface area contributed by atoms with E-state index in [1.165, 1.54) is 0 Å². The van der Waals surface area contributed by atoms with Gasteiger partial charge in [0, 0.05) is 13.0 Å². The van der Waals surface area contributed by atoms with E-state index >= 15 is 0 Å². The Kier molecular flexibility index (Phi) is 5.87. The van der Waals surface area contributed by atoms with Gasteiger partial charge in [-0.1, -0.05) is 24.6 Å². The zero-order chi connectivity index (χ0) is 16.9. The van der Waals surface area contributed by atoms with Gasteiger partial charge in [0.15, 0.2) is 0 Å². The molecular weight excluding hydrogens is 309 g/mol. The molecule has 0 unspecified atom stereocenters. The molecule has 1 aliphatic heterocycles. The first kappa shape index (κ1) is 17.6. The van der Waals surface area contributed by atoms with Crippen molar-refractivity contribution in [3.05, 3.63) is 29.8 Å². The number of aryl methyl sites for hydroxylation is 1. The molecule has 0 bridgehead atoms. The molecule has 23 heavy (non-hydrogen) atoms. The molecule has 0 saturated carbocycles. The van der Waals surface area contributed by atoms with Crippen molar-refractivity contribution in [2.45, 2.75) is 44.3 Å². The number of hydrogen-bond donors (Lipinski definition) is 1. The number of nitrogens with one attached hydrogen (secondary N) is 1. The Bertz CT molecular complexity index is 534. The quantitative estimate of drug-likeness (QED) is 0.781. The summed E-state index contributed by atoms with van der Waals surface area (Å²) < 4.78 is 44.7. The fourth-order valence-electron chi connectivity index (χ4n) is 2.79. The lowest BCUT2D eigenvalue weighted by atomic mass is 10.0. The number of benzene rings is 1. The van der Waals surface area contributed by atoms with Crippen LogP contribution in [0.3, 0.4) is 0 Å². The van der Waals surface area contributed by atoms with E-state index in [9.17, 15) is 18.0 Å². The highest BCUT2D eigenvalue weighted by Crippen LogP contribution is 2.29. The Hall–Kier alpha value is -1.76. The predicted molar refractivity (Wildman–Crippen MR) is 79.9 cm³/mol. The second-order valence-electron chi connectivity index (χ2n) is 5.59. The average Bonchev–Trinajstić information content (AvgIpc) is 2.92. The van der Waals surface area contributed by atoms with E-state index in [1.54, 1.807) is 7.11 Å². The number of alkyl halides is 3. The summed E-state index contributed by atoms with van der Waals surface area (Å²) in [6, 6.07) is 5.88. The fraction of sp³-hybridized carbons (Fsp3) is 0.562. The van der Waals surface area contributed by atoms with E-state index in [2.05, 4.69) is 5.43 Å². The number of para-hydroxylation sites is 1. The number of carbonyl (C=O) groups excluding carboxylic acids is 1. The molecule has 0 aromatic heterocycles. The van der Waals surface area contributed by atoms with Crippen LogP contribution in [0, 0.1) is 0 Å². The lowest BCUT2D eigenvalue weighted by Crippen LogP contribution is -2.49. The number of halogens is 3. The maximum atomic E-state index is 13.2. The van der Waals surface area contributed by atoms with Gasteiger partial charge in [0.05, 0.1) is 7.11 Å². The highest BCUT2D eigenvalue weighted by Gasteiger charge is 2.45. The first-order chi connectivity index (χ1) is 10.9. The molecule has 128 valence electrons. The number of hydrogen-bond acceptors (Lipinski definition) is 3. The molecule has 0 spiro atoms. The van der Waals surface area contributed by atoms with E-state index in [-0.39, 0.29) is 25.3 Å². The maximum Gasteiger partial charge on any atom is 0.405 e. The van der Waals surface area contributed by atoms with Crippen LogP contribution in [-0.2, 0) is 11.2 Å². The van der Waals surface area contributed by atoms with Gasteiger partial charge in [0.2, 0.25) is 5.91 Å². The zero-order valence-corrected chi connectivity index (χ0v) is 13.0. The van der Waals surface area contributed by atoms with Crippen LogP contribution in [0.1, 0.15) is 31.2 Å². The molecule has 1 saturated heterocycles. The first-order valence-electron chi connectivity index (χ1n) is 7.66. The van der Waals surface area contributed by atoms with Gasteiger partial charge in [0.1, 0.15) is 11.8 Å². The number of methoxy groups -OCH3 is 1. The van der Waals surface area contributed by atoms with Gasteiger partial charge in [-0.3, -0.25) is 10.2 Å². The van der Waals surface area contributed by atoms with E-state index in [0.29, 0.717) is 19.3 Å². The van der Waals surface area contributed by atoms with Crippen molar-refractivity contribution in [3.8, 4) is 5.75 Å².